The summed E-state index contributed by atoms with van der Waals surface area (Å²) in [4.78, 5) is 33.4. The van der Waals surface area contributed by atoms with Crippen molar-refractivity contribution in [2.75, 3.05) is 19.7 Å². The molecule has 1 aromatic heterocycles. The van der Waals surface area contributed by atoms with E-state index in [2.05, 4.69) is 29.0 Å². The van der Waals surface area contributed by atoms with Crippen LogP contribution in [-0.2, 0) is 16.0 Å². The van der Waals surface area contributed by atoms with Crippen molar-refractivity contribution in [3.8, 4) is 11.8 Å². The fourth-order valence-corrected chi connectivity index (χ4v) is 5.76. The van der Waals surface area contributed by atoms with Crippen molar-refractivity contribution in [1.29, 1.82) is 0 Å². The summed E-state index contributed by atoms with van der Waals surface area (Å²) in [7, 11) is 0. The third-order valence-corrected chi connectivity index (χ3v) is 7.56. The number of amides is 2. The van der Waals surface area contributed by atoms with E-state index in [1.807, 2.05) is 30.3 Å². The Morgan fingerprint density at radius 1 is 1.12 bits per heavy atom. The smallest absolute Gasteiger partial charge is 0.242 e. The Labute approximate surface area is 201 Å². The van der Waals surface area contributed by atoms with Crippen LogP contribution in [0.1, 0.15) is 54.8 Å². The number of nitrogens with zero attached hydrogens (tertiary/aromatic N) is 3. The number of aliphatic hydroxyl groups excluding tert-OH is 1. The van der Waals surface area contributed by atoms with E-state index in [4.69, 9.17) is 0 Å². The Morgan fingerprint density at radius 2 is 1.91 bits per heavy atom. The predicted octanol–water partition coefficient (Wildman–Crippen LogP) is 2.75. The van der Waals surface area contributed by atoms with Gasteiger partial charge in [-0.15, -0.1) is 0 Å². The number of piperazine rings is 1. The molecule has 2 aromatic rings. The van der Waals surface area contributed by atoms with E-state index < -0.39 is 0 Å². The molecule has 3 atom stereocenters. The molecule has 3 fully saturated rings. The summed E-state index contributed by atoms with van der Waals surface area (Å²) in [6.45, 7) is 0.445. The number of aromatic nitrogens is 1. The van der Waals surface area contributed by atoms with Crippen molar-refractivity contribution < 1.29 is 14.7 Å². The van der Waals surface area contributed by atoms with Crippen molar-refractivity contribution >= 4 is 11.8 Å². The molecule has 3 aliphatic rings. The minimum Gasteiger partial charge on any atom is -0.394 e. The molecule has 1 aliphatic carbocycles. The summed E-state index contributed by atoms with van der Waals surface area (Å²) in [6.07, 6.45) is 8.10. The zero-order chi connectivity index (χ0) is 23.5. The zero-order valence-corrected chi connectivity index (χ0v) is 19.4. The third-order valence-electron chi connectivity index (χ3n) is 7.56. The molecule has 0 radical (unpaired) electrons. The van der Waals surface area contributed by atoms with Gasteiger partial charge in [-0.05, 0) is 48.6 Å². The van der Waals surface area contributed by atoms with E-state index in [-0.39, 0.29) is 49.4 Å². The highest BCUT2D eigenvalue weighted by Gasteiger charge is 2.54. The monoisotopic (exact) mass is 457 g/mol. The Hall–Kier alpha value is -3.17. The van der Waals surface area contributed by atoms with Gasteiger partial charge in [0.05, 0.1) is 31.7 Å². The molecule has 2 saturated heterocycles. The van der Waals surface area contributed by atoms with Gasteiger partial charge in [0.2, 0.25) is 11.8 Å². The fraction of sp³-hybridized carbons (Fsp3) is 0.464. The standard InChI is InChI=1S/C28H31N3O3/c32-19-25-28(22-13-11-21(12-14-22)9-5-8-20-6-1-2-7-20)24-17-30(18-27(34)31(24)25)26(33)16-23-10-3-4-15-29-23/h3-4,10-15,20,24-25,28,32H,1-2,6-8,16-19H2/t24-,25-,28-/m0/s1. The molecule has 34 heavy (non-hydrogen) atoms. The molecule has 6 nitrogen and oxygen atoms in total. The Morgan fingerprint density at radius 3 is 2.62 bits per heavy atom. The Balaban J connectivity index is 1.26. The average Bonchev–Trinajstić information content (AvgIpc) is 3.35. The van der Waals surface area contributed by atoms with Crippen LogP contribution in [0.4, 0.5) is 0 Å². The summed E-state index contributed by atoms with van der Waals surface area (Å²) < 4.78 is 0. The minimum absolute atomic E-state index is 0.0000942. The van der Waals surface area contributed by atoms with Gasteiger partial charge in [-0.2, -0.15) is 0 Å². The molecule has 2 aliphatic heterocycles. The van der Waals surface area contributed by atoms with Crippen molar-refractivity contribution in [3.05, 3.63) is 65.5 Å². The summed E-state index contributed by atoms with van der Waals surface area (Å²) in [6, 6.07) is 13.3. The number of benzene rings is 1. The summed E-state index contributed by atoms with van der Waals surface area (Å²) >= 11 is 0. The van der Waals surface area contributed by atoms with Crippen LogP contribution >= 0.6 is 0 Å². The number of carbonyl (C=O) groups is 2. The van der Waals surface area contributed by atoms with Crippen molar-refractivity contribution in [3.63, 3.8) is 0 Å². The molecule has 2 amide bonds. The second-order valence-corrected chi connectivity index (χ2v) is 9.69. The molecule has 1 saturated carbocycles. The number of hydrogen-bond donors (Lipinski definition) is 1. The van der Waals surface area contributed by atoms with E-state index in [1.165, 1.54) is 25.7 Å². The van der Waals surface area contributed by atoms with Crippen molar-refractivity contribution in [2.24, 2.45) is 5.92 Å². The number of rotatable bonds is 5. The van der Waals surface area contributed by atoms with E-state index in [0.717, 1.165) is 23.5 Å². The maximum absolute atomic E-state index is 12.9. The van der Waals surface area contributed by atoms with Crippen LogP contribution in [0.3, 0.4) is 0 Å². The van der Waals surface area contributed by atoms with Crippen LogP contribution in [-0.4, -0.2) is 63.5 Å². The van der Waals surface area contributed by atoms with Gasteiger partial charge in [0.1, 0.15) is 0 Å². The molecule has 0 bridgehead atoms. The molecule has 1 aromatic carbocycles. The minimum atomic E-state index is -0.246. The lowest BCUT2D eigenvalue weighted by Crippen LogP contribution is -2.73. The quantitative estimate of drug-likeness (QED) is 0.701. The molecule has 6 heteroatoms. The number of fused-ring (bicyclic) bond motifs is 1. The second kappa shape index (κ2) is 9.99. The highest BCUT2D eigenvalue weighted by Crippen LogP contribution is 2.43. The van der Waals surface area contributed by atoms with Crippen LogP contribution in [0.5, 0.6) is 0 Å². The highest BCUT2D eigenvalue weighted by atomic mass is 16.3. The summed E-state index contributed by atoms with van der Waals surface area (Å²) in [5, 5.41) is 10.0. The summed E-state index contributed by atoms with van der Waals surface area (Å²) in [5.74, 6) is 7.18. The lowest BCUT2D eigenvalue weighted by molar-refractivity contribution is -0.166. The van der Waals surface area contributed by atoms with E-state index >= 15 is 0 Å². The highest BCUT2D eigenvalue weighted by molar-refractivity contribution is 5.88. The predicted molar refractivity (Wildman–Crippen MR) is 129 cm³/mol. The molecular weight excluding hydrogens is 426 g/mol. The van der Waals surface area contributed by atoms with Crippen LogP contribution < -0.4 is 0 Å². The van der Waals surface area contributed by atoms with E-state index in [1.54, 1.807) is 16.0 Å². The number of hydrogen-bond acceptors (Lipinski definition) is 4. The average molecular weight is 458 g/mol. The van der Waals surface area contributed by atoms with Gasteiger partial charge in [0, 0.05) is 36.3 Å². The molecule has 5 rings (SSSR count). The van der Waals surface area contributed by atoms with Gasteiger partial charge in [-0.3, -0.25) is 14.6 Å². The molecule has 3 heterocycles. The van der Waals surface area contributed by atoms with E-state index in [0.29, 0.717) is 12.2 Å². The molecule has 1 N–H and O–H groups in total. The number of aliphatic hydroxyl groups is 1. The SMILES string of the molecule is O=C(Cc1ccccn1)N1CC(=O)N2[C@@H](CO)[C@@H](c3ccc(C#CCC4CCCC4)cc3)[C@@H]2C1. The largest absolute Gasteiger partial charge is 0.394 e. The van der Waals surface area contributed by atoms with Crippen LogP contribution in [0.25, 0.3) is 0 Å². The van der Waals surface area contributed by atoms with Gasteiger partial charge in [-0.25, -0.2) is 0 Å². The first-order valence-electron chi connectivity index (χ1n) is 12.3. The molecule has 0 spiro atoms. The third kappa shape index (κ3) is 4.58. The lowest BCUT2D eigenvalue weighted by Gasteiger charge is -2.58. The maximum Gasteiger partial charge on any atom is 0.242 e. The van der Waals surface area contributed by atoms with Gasteiger partial charge < -0.3 is 14.9 Å². The molecule has 0 unspecified atom stereocenters. The first-order chi connectivity index (χ1) is 16.6. The van der Waals surface area contributed by atoms with Gasteiger partial charge in [0.15, 0.2) is 0 Å². The first kappa shape index (κ1) is 22.6. The maximum atomic E-state index is 12.9. The van der Waals surface area contributed by atoms with Gasteiger partial charge in [0.25, 0.3) is 0 Å². The van der Waals surface area contributed by atoms with Crippen molar-refractivity contribution in [2.45, 2.75) is 56.5 Å². The topological polar surface area (TPSA) is 73.7 Å². The summed E-state index contributed by atoms with van der Waals surface area (Å²) in [5.41, 5.74) is 2.77. The number of carbonyl (C=O) groups excluding carboxylic acids is 2. The Bertz CT molecular complexity index is 1080. The van der Waals surface area contributed by atoms with Crippen molar-refractivity contribution in [1.82, 2.24) is 14.8 Å². The van der Waals surface area contributed by atoms with Gasteiger partial charge in [-0.1, -0.05) is 42.9 Å². The molecular formula is C28H31N3O3. The lowest BCUT2D eigenvalue weighted by atomic mass is 9.73. The second-order valence-electron chi connectivity index (χ2n) is 9.69. The molecule has 176 valence electrons. The van der Waals surface area contributed by atoms with Crippen LogP contribution in [0.2, 0.25) is 0 Å². The first-order valence-corrected chi connectivity index (χ1v) is 12.3. The fourth-order valence-electron chi connectivity index (χ4n) is 5.76. The Kier molecular flexibility index (Phi) is 6.64. The number of pyridine rings is 1. The van der Waals surface area contributed by atoms with Crippen LogP contribution in [0.15, 0.2) is 48.7 Å². The normalized spacial score (nSPS) is 24.3. The van der Waals surface area contributed by atoms with Gasteiger partial charge >= 0.3 is 0 Å². The van der Waals surface area contributed by atoms with E-state index in [9.17, 15) is 14.7 Å². The zero-order valence-electron chi connectivity index (χ0n) is 19.4. The van der Waals surface area contributed by atoms with Crippen LogP contribution in [0, 0.1) is 17.8 Å².